The minimum absolute atomic E-state index is 0.000000000000000444. The Morgan fingerprint density at radius 3 is 2.11 bits per heavy atom. The normalized spacial score (nSPS) is 30.2. The molecule has 0 aromatic rings. The standard InChI is InChI=1S/C8H12O3S.C5H8O2/c1-7-5-3-4-6-8(7,2)12(9,10)11;6-5(7)4-2-1-3-4/h3-7H,1-2H3,(H,9,10,11);4H,1-3H2,(H,6,7). The maximum atomic E-state index is 11.0. The molecular formula is C13H20O5S. The Hall–Kier alpha value is -1.14. The van der Waals surface area contributed by atoms with Gasteiger partial charge >= 0.3 is 5.97 Å². The summed E-state index contributed by atoms with van der Waals surface area (Å²) in [6, 6.07) is 0. The Morgan fingerprint density at radius 2 is 1.89 bits per heavy atom. The molecule has 2 rings (SSSR count). The largest absolute Gasteiger partial charge is 0.481 e. The third-order valence-electron chi connectivity index (χ3n) is 3.85. The predicted octanol–water partition coefficient (Wildman–Crippen LogP) is 2.27. The smallest absolute Gasteiger partial charge is 0.306 e. The Bertz CT molecular complexity index is 487. The second kappa shape index (κ2) is 5.88. The third-order valence-corrected chi connectivity index (χ3v) is 5.47. The molecule has 2 atom stereocenters. The van der Waals surface area contributed by atoms with Gasteiger partial charge in [0.15, 0.2) is 0 Å². The Morgan fingerprint density at radius 1 is 1.32 bits per heavy atom. The first kappa shape index (κ1) is 15.9. The highest BCUT2D eigenvalue weighted by Gasteiger charge is 2.40. The summed E-state index contributed by atoms with van der Waals surface area (Å²) < 4.78 is 29.8. The summed E-state index contributed by atoms with van der Waals surface area (Å²) in [4.78, 5) is 9.98. The number of hydrogen-bond donors (Lipinski definition) is 2. The van der Waals surface area contributed by atoms with Gasteiger partial charge in [-0.25, -0.2) is 0 Å². The van der Waals surface area contributed by atoms with Gasteiger partial charge in [0.2, 0.25) is 0 Å². The van der Waals surface area contributed by atoms with Crippen molar-refractivity contribution >= 4 is 16.1 Å². The molecule has 1 fully saturated rings. The van der Waals surface area contributed by atoms with Crippen LogP contribution in [0.4, 0.5) is 0 Å². The first-order valence-corrected chi connectivity index (χ1v) is 7.68. The highest BCUT2D eigenvalue weighted by Crippen LogP contribution is 2.30. The molecule has 0 spiro atoms. The summed E-state index contributed by atoms with van der Waals surface area (Å²) in [5.74, 6) is -0.816. The van der Waals surface area contributed by atoms with Gasteiger partial charge in [-0.15, -0.1) is 0 Å². The first-order valence-electron chi connectivity index (χ1n) is 6.24. The van der Waals surface area contributed by atoms with Crippen LogP contribution in [0.1, 0.15) is 33.1 Å². The van der Waals surface area contributed by atoms with Gasteiger partial charge < -0.3 is 5.11 Å². The van der Waals surface area contributed by atoms with Crippen molar-refractivity contribution in [1.82, 2.24) is 0 Å². The lowest BCUT2D eigenvalue weighted by atomic mass is 9.86. The summed E-state index contributed by atoms with van der Waals surface area (Å²) in [5.41, 5.74) is 0. The second-order valence-electron chi connectivity index (χ2n) is 5.16. The van der Waals surface area contributed by atoms with E-state index in [9.17, 15) is 13.2 Å². The van der Waals surface area contributed by atoms with E-state index in [4.69, 9.17) is 9.66 Å². The average molecular weight is 288 g/mol. The molecule has 0 aromatic carbocycles. The molecule has 2 unspecified atom stereocenters. The fourth-order valence-corrected chi connectivity index (χ4v) is 2.60. The Balaban J connectivity index is 0.000000218. The van der Waals surface area contributed by atoms with Gasteiger partial charge in [-0.05, 0) is 25.7 Å². The van der Waals surface area contributed by atoms with Gasteiger partial charge in [-0.3, -0.25) is 9.35 Å². The Kier molecular flexibility index (Phi) is 4.92. The molecule has 0 heterocycles. The summed E-state index contributed by atoms with van der Waals surface area (Å²) in [6.45, 7) is 3.26. The number of carboxylic acid groups (broad SMARTS) is 1. The predicted molar refractivity (Wildman–Crippen MR) is 72.4 cm³/mol. The molecule has 5 nitrogen and oxygen atoms in total. The van der Waals surface area contributed by atoms with Crippen molar-refractivity contribution in [2.75, 3.05) is 0 Å². The molecule has 0 aliphatic heterocycles. The van der Waals surface area contributed by atoms with E-state index in [0.29, 0.717) is 0 Å². The van der Waals surface area contributed by atoms with E-state index in [0.717, 1.165) is 19.3 Å². The van der Waals surface area contributed by atoms with Gasteiger partial charge in [-0.1, -0.05) is 37.6 Å². The number of rotatable bonds is 2. The van der Waals surface area contributed by atoms with Crippen molar-refractivity contribution in [1.29, 1.82) is 0 Å². The molecule has 0 radical (unpaired) electrons. The average Bonchev–Trinajstić information content (AvgIpc) is 2.18. The van der Waals surface area contributed by atoms with E-state index in [1.165, 1.54) is 13.0 Å². The van der Waals surface area contributed by atoms with Crippen LogP contribution < -0.4 is 0 Å². The molecule has 0 bridgehead atoms. The lowest BCUT2D eigenvalue weighted by molar-refractivity contribution is -0.144. The van der Waals surface area contributed by atoms with E-state index >= 15 is 0 Å². The topological polar surface area (TPSA) is 91.7 Å². The van der Waals surface area contributed by atoms with E-state index in [-0.39, 0.29) is 11.8 Å². The molecule has 2 aliphatic carbocycles. The highest BCUT2D eigenvalue weighted by molar-refractivity contribution is 7.87. The molecule has 1 saturated carbocycles. The Labute approximate surface area is 113 Å². The lowest BCUT2D eigenvalue weighted by Crippen LogP contribution is -2.39. The summed E-state index contributed by atoms with van der Waals surface area (Å²) in [7, 11) is -4.01. The molecule has 0 aromatic heterocycles. The summed E-state index contributed by atoms with van der Waals surface area (Å²) >= 11 is 0. The van der Waals surface area contributed by atoms with Gasteiger partial charge in [-0.2, -0.15) is 8.42 Å². The van der Waals surface area contributed by atoms with Crippen LogP contribution in [0.2, 0.25) is 0 Å². The van der Waals surface area contributed by atoms with Crippen LogP contribution in [-0.2, 0) is 14.9 Å². The highest BCUT2D eigenvalue weighted by atomic mass is 32.2. The quantitative estimate of drug-likeness (QED) is 0.760. The summed E-state index contributed by atoms with van der Waals surface area (Å²) in [6.07, 6.45) is 9.58. The van der Waals surface area contributed by atoms with Crippen molar-refractivity contribution in [2.45, 2.75) is 37.9 Å². The number of hydrogen-bond acceptors (Lipinski definition) is 3. The van der Waals surface area contributed by atoms with E-state index in [2.05, 4.69) is 0 Å². The van der Waals surface area contributed by atoms with Crippen LogP contribution in [0.25, 0.3) is 0 Å². The number of allylic oxidation sites excluding steroid dienone is 3. The fraction of sp³-hybridized carbons (Fsp3) is 0.615. The first-order chi connectivity index (χ1) is 8.68. The molecule has 6 heteroatoms. The monoisotopic (exact) mass is 288 g/mol. The fourth-order valence-electron chi connectivity index (χ4n) is 1.80. The zero-order valence-corrected chi connectivity index (χ0v) is 11.9. The molecule has 2 N–H and O–H groups in total. The van der Waals surface area contributed by atoms with E-state index in [1.807, 2.05) is 0 Å². The van der Waals surface area contributed by atoms with Crippen LogP contribution in [0, 0.1) is 11.8 Å². The van der Waals surface area contributed by atoms with Crippen molar-refractivity contribution in [3.63, 3.8) is 0 Å². The maximum absolute atomic E-state index is 11.0. The zero-order valence-electron chi connectivity index (χ0n) is 11.1. The minimum Gasteiger partial charge on any atom is -0.481 e. The van der Waals surface area contributed by atoms with Gasteiger partial charge in [0.25, 0.3) is 10.1 Å². The summed E-state index contributed by atoms with van der Waals surface area (Å²) in [5, 5.41) is 8.23. The zero-order chi connectivity index (χ0) is 14.7. The lowest BCUT2D eigenvalue weighted by Gasteiger charge is -2.29. The number of carbonyl (C=O) groups is 1. The molecule has 108 valence electrons. The molecule has 19 heavy (non-hydrogen) atoms. The SMILES string of the molecule is CC1C=CC=CC1(C)S(=O)(=O)O.O=C(O)C1CCC1. The molecular weight excluding hydrogens is 268 g/mol. The van der Waals surface area contributed by atoms with Crippen LogP contribution in [-0.4, -0.2) is 28.8 Å². The van der Waals surface area contributed by atoms with Crippen molar-refractivity contribution in [2.24, 2.45) is 11.8 Å². The van der Waals surface area contributed by atoms with Crippen LogP contribution in [0.3, 0.4) is 0 Å². The van der Waals surface area contributed by atoms with Crippen LogP contribution in [0.5, 0.6) is 0 Å². The van der Waals surface area contributed by atoms with Crippen molar-refractivity contribution in [3.8, 4) is 0 Å². The van der Waals surface area contributed by atoms with Crippen LogP contribution in [0.15, 0.2) is 24.3 Å². The van der Waals surface area contributed by atoms with E-state index < -0.39 is 20.8 Å². The number of aliphatic carboxylic acids is 1. The van der Waals surface area contributed by atoms with Crippen molar-refractivity contribution in [3.05, 3.63) is 24.3 Å². The minimum atomic E-state index is -4.01. The van der Waals surface area contributed by atoms with Gasteiger partial charge in [0.05, 0.1) is 5.92 Å². The molecule has 2 aliphatic rings. The molecule has 0 amide bonds. The third kappa shape index (κ3) is 3.67. The van der Waals surface area contributed by atoms with E-state index in [1.54, 1.807) is 25.2 Å². The number of carboxylic acids is 1. The van der Waals surface area contributed by atoms with Gasteiger partial charge in [0, 0.05) is 0 Å². The second-order valence-corrected chi connectivity index (χ2v) is 6.99. The van der Waals surface area contributed by atoms with Crippen molar-refractivity contribution < 1.29 is 22.9 Å². The molecule has 0 saturated heterocycles. The maximum Gasteiger partial charge on any atom is 0.306 e. The van der Waals surface area contributed by atoms with Crippen LogP contribution >= 0.6 is 0 Å². The van der Waals surface area contributed by atoms with Gasteiger partial charge in [0.1, 0.15) is 4.75 Å².